The van der Waals surface area contributed by atoms with E-state index in [2.05, 4.69) is 118 Å². The van der Waals surface area contributed by atoms with Crippen LogP contribution in [-0.4, -0.2) is 37.2 Å². The molecule has 0 radical (unpaired) electrons. The summed E-state index contributed by atoms with van der Waals surface area (Å²) in [5.41, 5.74) is 0. The number of allylic oxidation sites excluding steroid dienone is 18. The van der Waals surface area contributed by atoms with E-state index in [1.54, 1.807) is 0 Å². The van der Waals surface area contributed by atoms with Crippen LogP contribution in [0.15, 0.2) is 109 Å². The molecule has 368 valence electrons. The van der Waals surface area contributed by atoms with E-state index in [0.717, 1.165) is 103 Å². The van der Waals surface area contributed by atoms with Crippen LogP contribution in [0.2, 0.25) is 0 Å². The minimum absolute atomic E-state index is 0.116. The van der Waals surface area contributed by atoms with Crippen molar-refractivity contribution in [3.63, 3.8) is 0 Å². The van der Waals surface area contributed by atoms with Gasteiger partial charge in [0.2, 0.25) is 0 Å². The first-order chi connectivity index (χ1) is 32.0. The van der Waals surface area contributed by atoms with Crippen molar-refractivity contribution < 1.29 is 28.6 Å². The summed E-state index contributed by atoms with van der Waals surface area (Å²) in [4.78, 5) is 38.0. The van der Waals surface area contributed by atoms with Crippen LogP contribution in [0, 0.1) is 0 Å². The Morgan fingerprint density at radius 2 is 0.677 bits per heavy atom. The minimum atomic E-state index is -0.826. The van der Waals surface area contributed by atoms with Gasteiger partial charge in [0.15, 0.2) is 6.10 Å². The number of hydrogen-bond donors (Lipinski definition) is 0. The zero-order valence-corrected chi connectivity index (χ0v) is 42.0. The fraction of sp³-hybridized carbons (Fsp3) is 0.644. The highest BCUT2D eigenvalue weighted by molar-refractivity contribution is 5.71. The normalized spacial score (nSPS) is 13.0. The van der Waals surface area contributed by atoms with Crippen LogP contribution in [0.4, 0.5) is 0 Å². The molecule has 65 heavy (non-hydrogen) atoms. The molecule has 0 aromatic rings. The molecule has 6 nitrogen and oxygen atoms in total. The van der Waals surface area contributed by atoms with Gasteiger partial charge in [-0.2, -0.15) is 0 Å². The number of carbonyl (C=O) groups is 3. The van der Waals surface area contributed by atoms with E-state index in [-0.39, 0.29) is 31.6 Å². The summed E-state index contributed by atoms with van der Waals surface area (Å²) in [5, 5.41) is 0. The van der Waals surface area contributed by atoms with Gasteiger partial charge in [-0.15, -0.1) is 0 Å². The van der Waals surface area contributed by atoms with Crippen LogP contribution in [0.5, 0.6) is 0 Å². The van der Waals surface area contributed by atoms with E-state index in [9.17, 15) is 14.4 Å². The van der Waals surface area contributed by atoms with Gasteiger partial charge < -0.3 is 14.2 Å². The number of ether oxygens (including phenoxy) is 3. The second-order valence-corrected chi connectivity index (χ2v) is 17.0. The molecule has 0 aliphatic heterocycles. The molecule has 1 atom stereocenters. The molecular weight excluding hydrogens is 805 g/mol. The van der Waals surface area contributed by atoms with Crippen LogP contribution >= 0.6 is 0 Å². The summed E-state index contributed by atoms with van der Waals surface area (Å²) in [7, 11) is 0. The molecule has 0 rings (SSSR count). The molecule has 6 heteroatoms. The minimum Gasteiger partial charge on any atom is -0.462 e. The maximum Gasteiger partial charge on any atom is 0.306 e. The highest BCUT2D eigenvalue weighted by Gasteiger charge is 2.19. The van der Waals surface area contributed by atoms with Gasteiger partial charge in [0.25, 0.3) is 0 Å². The van der Waals surface area contributed by atoms with Crippen LogP contribution in [-0.2, 0) is 28.6 Å². The molecule has 0 heterocycles. The fourth-order valence-electron chi connectivity index (χ4n) is 6.87. The predicted octanol–water partition coefficient (Wildman–Crippen LogP) is 17.5. The van der Waals surface area contributed by atoms with Crippen molar-refractivity contribution in [2.75, 3.05) is 13.2 Å². The lowest BCUT2D eigenvalue weighted by Crippen LogP contribution is -2.30. The maximum absolute atomic E-state index is 12.8. The van der Waals surface area contributed by atoms with E-state index < -0.39 is 12.1 Å². The SMILES string of the molecule is CC/C=C\C/C=C\C/C=C\C/C=C\C/C=C\CCC(=O)OC(COC(=O)CCCCCCC/C=C\C/C=C\CC)COC(=O)CCCCCCCCCCCC/C=C\C=C/CCCCC. The first-order valence-corrected chi connectivity index (χ1v) is 26.4. The van der Waals surface area contributed by atoms with Crippen molar-refractivity contribution >= 4 is 17.9 Å². The second kappa shape index (κ2) is 52.7. The number of hydrogen-bond acceptors (Lipinski definition) is 6. The predicted molar refractivity (Wildman–Crippen MR) is 279 cm³/mol. The molecule has 0 amide bonds. The van der Waals surface area contributed by atoms with Crippen molar-refractivity contribution in [3.05, 3.63) is 109 Å². The summed E-state index contributed by atoms with van der Waals surface area (Å²) in [6.07, 6.45) is 70.9. The standard InChI is InChI=1S/C59H96O6/c1-4-7-10-13-16-19-22-25-27-29-30-31-33-34-37-40-43-46-49-52-58(61)64-55-56(54-63-57(60)51-48-45-42-39-36-24-21-18-15-12-9-6-3)65-59(62)53-50-47-44-41-38-35-32-28-26-23-20-17-14-11-8-5-2/h8-9,11-12,16-22,25-26,28,35,38,44,47,56H,4-7,10,13-15,23-24,27,29-34,36-37,39-43,45-46,48-55H2,1-3H3/b11-8-,12-9-,19-16-,20-17-,21-18-,25-22-,28-26-,38-35-,47-44-. The van der Waals surface area contributed by atoms with E-state index in [1.807, 2.05) is 12.2 Å². The summed E-state index contributed by atoms with van der Waals surface area (Å²) < 4.78 is 16.7. The molecule has 0 aromatic heterocycles. The summed E-state index contributed by atoms with van der Waals surface area (Å²) >= 11 is 0. The highest BCUT2D eigenvalue weighted by atomic mass is 16.6. The van der Waals surface area contributed by atoms with Gasteiger partial charge in [-0.25, -0.2) is 0 Å². The third-order valence-corrected chi connectivity index (χ3v) is 10.8. The highest BCUT2D eigenvalue weighted by Crippen LogP contribution is 2.14. The number of esters is 3. The Balaban J connectivity index is 4.48. The lowest BCUT2D eigenvalue weighted by molar-refractivity contribution is -0.166. The van der Waals surface area contributed by atoms with Crippen LogP contribution in [0.1, 0.15) is 226 Å². The van der Waals surface area contributed by atoms with E-state index >= 15 is 0 Å². The number of unbranched alkanes of at least 4 members (excludes halogenated alkanes) is 18. The lowest BCUT2D eigenvalue weighted by Gasteiger charge is -2.18. The Morgan fingerprint density at radius 3 is 1.09 bits per heavy atom. The zero-order chi connectivity index (χ0) is 47.2. The third-order valence-electron chi connectivity index (χ3n) is 10.8. The van der Waals surface area contributed by atoms with E-state index in [1.165, 1.54) is 77.0 Å². The molecule has 1 unspecified atom stereocenters. The van der Waals surface area contributed by atoms with Crippen molar-refractivity contribution in [1.82, 2.24) is 0 Å². The van der Waals surface area contributed by atoms with Gasteiger partial charge in [0.05, 0.1) is 0 Å². The van der Waals surface area contributed by atoms with Crippen molar-refractivity contribution in [3.8, 4) is 0 Å². The molecule has 0 aliphatic carbocycles. The molecule has 0 bridgehead atoms. The van der Waals surface area contributed by atoms with Crippen molar-refractivity contribution in [2.45, 2.75) is 232 Å². The Bertz CT molecular complexity index is 1360. The van der Waals surface area contributed by atoms with E-state index in [0.29, 0.717) is 19.3 Å². The molecule has 0 N–H and O–H groups in total. The molecule has 0 aliphatic rings. The van der Waals surface area contributed by atoms with E-state index in [4.69, 9.17) is 14.2 Å². The Morgan fingerprint density at radius 1 is 0.338 bits per heavy atom. The smallest absolute Gasteiger partial charge is 0.306 e. The fourth-order valence-corrected chi connectivity index (χ4v) is 6.87. The molecule has 0 fully saturated rings. The summed E-state index contributed by atoms with van der Waals surface area (Å²) in [6, 6.07) is 0. The average Bonchev–Trinajstić information content (AvgIpc) is 3.30. The Kier molecular flexibility index (Phi) is 49.5. The molecule has 0 saturated heterocycles. The quantitative estimate of drug-likeness (QED) is 0.0199. The summed E-state index contributed by atoms with van der Waals surface area (Å²) in [5.74, 6) is -1.02. The largest absolute Gasteiger partial charge is 0.462 e. The second-order valence-electron chi connectivity index (χ2n) is 17.0. The first kappa shape index (κ1) is 61.1. The maximum atomic E-state index is 12.8. The van der Waals surface area contributed by atoms with Crippen molar-refractivity contribution in [1.29, 1.82) is 0 Å². The Hall–Kier alpha value is -3.93. The number of carbonyl (C=O) groups excluding carboxylic acids is 3. The van der Waals surface area contributed by atoms with Crippen LogP contribution in [0.3, 0.4) is 0 Å². The summed E-state index contributed by atoms with van der Waals surface area (Å²) in [6.45, 7) is 6.30. The topological polar surface area (TPSA) is 78.9 Å². The van der Waals surface area contributed by atoms with Gasteiger partial charge in [-0.05, 0) is 103 Å². The number of rotatable bonds is 46. The molecule has 0 spiro atoms. The van der Waals surface area contributed by atoms with Crippen LogP contribution < -0.4 is 0 Å². The molecule has 0 aromatic carbocycles. The van der Waals surface area contributed by atoms with Crippen molar-refractivity contribution in [2.24, 2.45) is 0 Å². The zero-order valence-electron chi connectivity index (χ0n) is 42.0. The monoisotopic (exact) mass is 901 g/mol. The molecule has 0 saturated carbocycles. The van der Waals surface area contributed by atoms with Gasteiger partial charge in [-0.3, -0.25) is 14.4 Å². The van der Waals surface area contributed by atoms with Crippen LogP contribution in [0.25, 0.3) is 0 Å². The average molecular weight is 901 g/mol. The lowest BCUT2D eigenvalue weighted by atomic mass is 10.1. The van der Waals surface area contributed by atoms with Gasteiger partial charge in [0.1, 0.15) is 13.2 Å². The third kappa shape index (κ3) is 50.9. The van der Waals surface area contributed by atoms with Gasteiger partial charge >= 0.3 is 17.9 Å². The Labute approximate surface area is 400 Å². The van der Waals surface area contributed by atoms with Gasteiger partial charge in [-0.1, -0.05) is 214 Å². The van der Waals surface area contributed by atoms with Gasteiger partial charge in [0, 0.05) is 19.3 Å². The first-order valence-electron chi connectivity index (χ1n) is 26.4. The molecular formula is C59H96O6.